The largest absolute Gasteiger partial charge is 0.342 e. The van der Waals surface area contributed by atoms with E-state index < -0.39 is 0 Å². The number of rotatable bonds is 5. The molecule has 0 saturated carbocycles. The Labute approximate surface area is 123 Å². The fraction of sp³-hybridized carbons (Fsp3) is 0.611. The fourth-order valence-electron chi connectivity index (χ4n) is 3.17. The Kier molecular flexibility index (Phi) is 5.63. The zero-order chi connectivity index (χ0) is 14.4. The Morgan fingerprint density at radius 1 is 1.25 bits per heavy atom. The van der Waals surface area contributed by atoms with Crippen LogP contribution in [-0.4, -0.2) is 23.9 Å². The lowest BCUT2D eigenvalue weighted by Gasteiger charge is -2.33. The molecule has 1 amide bonds. The molecule has 110 valence electrons. The van der Waals surface area contributed by atoms with E-state index in [1.807, 2.05) is 0 Å². The predicted molar refractivity (Wildman–Crippen MR) is 83.5 cm³/mol. The van der Waals surface area contributed by atoms with Gasteiger partial charge in [-0.05, 0) is 37.2 Å². The van der Waals surface area contributed by atoms with E-state index in [0.29, 0.717) is 5.91 Å². The van der Waals surface area contributed by atoms with Gasteiger partial charge in [0.1, 0.15) is 0 Å². The molecule has 1 aliphatic rings. The highest BCUT2D eigenvalue weighted by molar-refractivity contribution is 5.78. The third-order valence-electron chi connectivity index (χ3n) is 4.44. The van der Waals surface area contributed by atoms with Gasteiger partial charge in [0.2, 0.25) is 5.91 Å². The maximum atomic E-state index is 12.3. The average molecular weight is 273 g/mol. The summed E-state index contributed by atoms with van der Waals surface area (Å²) in [5, 5.41) is 0. The molecule has 1 fully saturated rings. The van der Waals surface area contributed by atoms with Gasteiger partial charge < -0.3 is 4.90 Å². The van der Waals surface area contributed by atoms with Gasteiger partial charge in [0, 0.05) is 19.0 Å². The van der Waals surface area contributed by atoms with E-state index in [-0.39, 0.29) is 5.92 Å². The summed E-state index contributed by atoms with van der Waals surface area (Å²) in [5.74, 6) is 1.30. The molecule has 0 N–H and O–H groups in total. The third kappa shape index (κ3) is 4.09. The molecule has 20 heavy (non-hydrogen) atoms. The van der Waals surface area contributed by atoms with Crippen molar-refractivity contribution in [2.45, 2.75) is 46.0 Å². The van der Waals surface area contributed by atoms with Gasteiger partial charge in [0.25, 0.3) is 0 Å². The second kappa shape index (κ2) is 7.47. The van der Waals surface area contributed by atoms with Gasteiger partial charge in [0.15, 0.2) is 0 Å². The third-order valence-corrected chi connectivity index (χ3v) is 4.44. The molecule has 0 spiro atoms. The maximum Gasteiger partial charge on any atom is 0.225 e. The molecule has 0 aliphatic carbocycles. The molecule has 1 heterocycles. The normalized spacial score (nSPS) is 18.0. The number of hydrogen-bond acceptors (Lipinski definition) is 1. The SMILES string of the molecule is CCC[C@@H](C)C(=O)N1CCC(Cc2ccccc2)CC1. The van der Waals surface area contributed by atoms with E-state index in [2.05, 4.69) is 49.1 Å². The first-order valence-electron chi connectivity index (χ1n) is 8.03. The van der Waals surface area contributed by atoms with Crippen LogP contribution in [0.3, 0.4) is 0 Å². The van der Waals surface area contributed by atoms with Gasteiger partial charge in [-0.1, -0.05) is 50.6 Å². The van der Waals surface area contributed by atoms with Gasteiger partial charge in [-0.15, -0.1) is 0 Å². The molecule has 1 aromatic rings. The molecule has 1 aromatic carbocycles. The Bertz CT molecular complexity index is 407. The molecule has 0 aromatic heterocycles. The predicted octanol–water partition coefficient (Wildman–Crippen LogP) is 3.90. The van der Waals surface area contributed by atoms with Crippen LogP contribution in [-0.2, 0) is 11.2 Å². The van der Waals surface area contributed by atoms with Crippen LogP contribution < -0.4 is 0 Å². The summed E-state index contributed by atoms with van der Waals surface area (Å²) < 4.78 is 0. The molecule has 0 bridgehead atoms. The van der Waals surface area contributed by atoms with E-state index in [4.69, 9.17) is 0 Å². The molecule has 1 atom stereocenters. The number of likely N-dealkylation sites (tertiary alicyclic amines) is 1. The van der Waals surface area contributed by atoms with Crippen molar-refractivity contribution in [1.29, 1.82) is 0 Å². The molecular formula is C18H27NO. The number of nitrogens with zero attached hydrogens (tertiary/aromatic N) is 1. The summed E-state index contributed by atoms with van der Waals surface area (Å²) in [6.45, 7) is 6.12. The zero-order valence-electron chi connectivity index (χ0n) is 12.8. The number of piperidine rings is 1. The number of amides is 1. The fourth-order valence-corrected chi connectivity index (χ4v) is 3.17. The monoisotopic (exact) mass is 273 g/mol. The van der Waals surface area contributed by atoms with Gasteiger partial charge in [-0.25, -0.2) is 0 Å². The van der Waals surface area contributed by atoms with Crippen LogP contribution in [0.25, 0.3) is 0 Å². The van der Waals surface area contributed by atoms with Crippen molar-refractivity contribution in [3.8, 4) is 0 Å². The minimum absolute atomic E-state index is 0.200. The summed E-state index contributed by atoms with van der Waals surface area (Å²) in [4.78, 5) is 14.4. The van der Waals surface area contributed by atoms with Crippen molar-refractivity contribution in [1.82, 2.24) is 4.90 Å². The zero-order valence-corrected chi connectivity index (χ0v) is 12.8. The smallest absolute Gasteiger partial charge is 0.225 e. The molecular weight excluding hydrogens is 246 g/mol. The number of benzene rings is 1. The summed E-state index contributed by atoms with van der Waals surface area (Å²) in [6.07, 6.45) is 5.58. The Morgan fingerprint density at radius 2 is 1.90 bits per heavy atom. The van der Waals surface area contributed by atoms with Gasteiger partial charge >= 0.3 is 0 Å². The first kappa shape index (κ1) is 15.1. The van der Waals surface area contributed by atoms with Gasteiger partial charge in [0.05, 0.1) is 0 Å². The molecule has 1 aliphatic heterocycles. The van der Waals surface area contributed by atoms with E-state index in [0.717, 1.165) is 51.1 Å². The van der Waals surface area contributed by atoms with Gasteiger partial charge in [-0.3, -0.25) is 4.79 Å². The molecule has 2 rings (SSSR count). The lowest BCUT2D eigenvalue weighted by atomic mass is 9.89. The van der Waals surface area contributed by atoms with Crippen LogP contribution in [0, 0.1) is 11.8 Å². The Morgan fingerprint density at radius 3 is 2.50 bits per heavy atom. The summed E-state index contributed by atoms with van der Waals surface area (Å²) in [6, 6.07) is 10.7. The van der Waals surface area contributed by atoms with Crippen molar-refractivity contribution >= 4 is 5.91 Å². The number of hydrogen-bond donors (Lipinski definition) is 0. The molecule has 1 saturated heterocycles. The van der Waals surface area contributed by atoms with Crippen LogP contribution in [0.2, 0.25) is 0 Å². The van der Waals surface area contributed by atoms with Crippen LogP contribution in [0.15, 0.2) is 30.3 Å². The lowest BCUT2D eigenvalue weighted by molar-refractivity contribution is -0.136. The van der Waals surface area contributed by atoms with Crippen molar-refractivity contribution in [2.75, 3.05) is 13.1 Å². The quantitative estimate of drug-likeness (QED) is 0.796. The summed E-state index contributed by atoms with van der Waals surface area (Å²) >= 11 is 0. The highest BCUT2D eigenvalue weighted by Gasteiger charge is 2.25. The first-order chi connectivity index (χ1) is 9.70. The van der Waals surface area contributed by atoms with Crippen molar-refractivity contribution in [3.63, 3.8) is 0 Å². The van der Waals surface area contributed by atoms with Crippen LogP contribution in [0.5, 0.6) is 0 Å². The molecule has 2 heteroatoms. The molecule has 2 nitrogen and oxygen atoms in total. The van der Waals surface area contributed by atoms with Crippen molar-refractivity contribution in [3.05, 3.63) is 35.9 Å². The van der Waals surface area contributed by atoms with E-state index in [1.54, 1.807) is 0 Å². The highest BCUT2D eigenvalue weighted by Crippen LogP contribution is 2.23. The van der Waals surface area contributed by atoms with E-state index in [9.17, 15) is 4.79 Å². The molecule has 0 unspecified atom stereocenters. The van der Waals surface area contributed by atoms with Crippen molar-refractivity contribution < 1.29 is 4.79 Å². The van der Waals surface area contributed by atoms with Crippen LogP contribution >= 0.6 is 0 Å². The maximum absolute atomic E-state index is 12.3. The van der Waals surface area contributed by atoms with Crippen molar-refractivity contribution in [2.24, 2.45) is 11.8 Å². The molecule has 0 radical (unpaired) electrons. The highest BCUT2D eigenvalue weighted by atomic mass is 16.2. The lowest BCUT2D eigenvalue weighted by Crippen LogP contribution is -2.41. The van der Waals surface area contributed by atoms with Crippen LogP contribution in [0.4, 0.5) is 0 Å². The Balaban J connectivity index is 1.79. The standard InChI is InChI=1S/C18H27NO/c1-3-7-15(2)18(20)19-12-10-17(11-13-19)14-16-8-5-4-6-9-16/h4-6,8-9,15,17H,3,7,10-14H2,1-2H3/t15-/m1/s1. The summed E-state index contributed by atoms with van der Waals surface area (Å²) in [7, 11) is 0. The minimum Gasteiger partial charge on any atom is -0.342 e. The summed E-state index contributed by atoms with van der Waals surface area (Å²) in [5.41, 5.74) is 1.43. The number of carbonyl (C=O) groups is 1. The topological polar surface area (TPSA) is 20.3 Å². The van der Waals surface area contributed by atoms with E-state index >= 15 is 0 Å². The Hall–Kier alpha value is -1.31. The first-order valence-corrected chi connectivity index (χ1v) is 8.03. The van der Waals surface area contributed by atoms with E-state index in [1.165, 1.54) is 5.56 Å². The minimum atomic E-state index is 0.200. The van der Waals surface area contributed by atoms with Crippen LogP contribution in [0.1, 0.15) is 45.1 Å². The average Bonchev–Trinajstić information content (AvgIpc) is 2.48. The second-order valence-electron chi connectivity index (χ2n) is 6.15. The second-order valence-corrected chi connectivity index (χ2v) is 6.15. The number of carbonyl (C=O) groups excluding carboxylic acids is 1. The van der Waals surface area contributed by atoms with Gasteiger partial charge in [-0.2, -0.15) is 0 Å².